The van der Waals surface area contributed by atoms with Gasteiger partial charge in [0.05, 0.1) is 12.2 Å². The molecule has 0 atom stereocenters. The largest absolute Gasteiger partial charge is 0.462 e. The first kappa shape index (κ1) is 16.8. The van der Waals surface area contributed by atoms with Gasteiger partial charge in [-0.05, 0) is 63.1 Å². The van der Waals surface area contributed by atoms with Gasteiger partial charge in [-0.15, -0.1) is 0 Å². The van der Waals surface area contributed by atoms with Crippen molar-refractivity contribution in [3.05, 3.63) is 58.7 Å². The average molecular weight is 308 g/mol. The number of rotatable bonds is 3. The molecule has 1 aromatic rings. The van der Waals surface area contributed by atoms with Crippen molar-refractivity contribution in [3.8, 4) is 11.8 Å². The number of carbonyl (C=O) groups is 2. The summed E-state index contributed by atoms with van der Waals surface area (Å²) in [5.74, 6) is 5.79. The van der Waals surface area contributed by atoms with Crippen LogP contribution in [0.1, 0.15) is 49.0 Å². The van der Waals surface area contributed by atoms with Crippen molar-refractivity contribution in [3.63, 3.8) is 0 Å². The molecule has 3 heteroatoms. The Hall–Kier alpha value is -2.60. The molecule has 2 rings (SSSR count). The van der Waals surface area contributed by atoms with Crippen LogP contribution in [0.15, 0.2) is 47.6 Å². The van der Waals surface area contributed by atoms with Crippen LogP contribution in [-0.2, 0) is 9.53 Å². The molecule has 0 amide bonds. The lowest BCUT2D eigenvalue weighted by atomic mass is 9.91. The van der Waals surface area contributed by atoms with Gasteiger partial charge in [0, 0.05) is 17.6 Å². The van der Waals surface area contributed by atoms with Gasteiger partial charge in [0.1, 0.15) is 0 Å². The summed E-state index contributed by atoms with van der Waals surface area (Å²) in [5.41, 5.74) is 3.26. The fraction of sp³-hybridized carbons (Fsp3) is 0.300. The molecule has 118 valence electrons. The summed E-state index contributed by atoms with van der Waals surface area (Å²) in [7, 11) is 0. The van der Waals surface area contributed by atoms with Gasteiger partial charge < -0.3 is 4.74 Å². The number of esters is 1. The van der Waals surface area contributed by atoms with Gasteiger partial charge in [-0.3, -0.25) is 4.79 Å². The van der Waals surface area contributed by atoms with Gasteiger partial charge in [0.15, 0.2) is 5.78 Å². The molecule has 23 heavy (non-hydrogen) atoms. The molecular formula is C20H20O3. The Kier molecular flexibility index (Phi) is 5.94. The van der Waals surface area contributed by atoms with Crippen molar-refractivity contribution >= 4 is 11.8 Å². The Morgan fingerprint density at radius 1 is 1.26 bits per heavy atom. The zero-order valence-corrected chi connectivity index (χ0v) is 13.5. The van der Waals surface area contributed by atoms with Crippen LogP contribution in [0.3, 0.4) is 0 Å². The molecule has 0 heterocycles. The van der Waals surface area contributed by atoms with E-state index in [9.17, 15) is 9.59 Å². The van der Waals surface area contributed by atoms with Crippen LogP contribution in [0.25, 0.3) is 0 Å². The van der Waals surface area contributed by atoms with E-state index in [1.165, 1.54) is 0 Å². The first-order chi connectivity index (χ1) is 11.1. The molecule has 3 nitrogen and oxygen atoms in total. The van der Waals surface area contributed by atoms with Crippen molar-refractivity contribution in [1.82, 2.24) is 0 Å². The highest BCUT2D eigenvalue weighted by Crippen LogP contribution is 2.22. The van der Waals surface area contributed by atoms with E-state index >= 15 is 0 Å². The molecule has 0 N–H and O–H groups in total. The van der Waals surface area contributed by atoms with Gasteiger partial charge in [0.2, 0.25) is 0 Å². The predicted molar refractivity (Wildman–Crippen MR) is 90.0 cm³/mol. The van der Waals surface area contributed by atoms with Gasteiger partial charge in [-0.25, -0.2) is 4.79 Å². The van der Waals surface area contributed by atoms with E-state index in [0.717, 1.165) is 29.6 Å². The molecule has 0 saturated heterocycles. The van der Waals surface area contributed by atoms with Crippen LogP contribution in [0.2, 0.25) is 0 Å². The maximum atomic E-state index is 11.8. The van der Waals surface area contributed by atoms with Crippen molar-refractivity contribution in [2.24, 2.45) is 0 Å². The van der Waals surface area contributed by atoms with Crippen LogP contribution in [0, 0.1) is 11.8 Å². The molecule has 0 unspecified atom stereocenters. The smallest absolute Gasteiger partial charge is 0.338 e. The Labute approximate surface area is 137 Å². The number of carbonyl (C=O) groups excluding carboxylic acids is 2. The van der Waals surface area contributed by atoms with Crippen LogP contribution in [0.5, 0.6) is 0 Å². The average Bonchev–Trinajstić information content (AvgIpc) is 2.54. The Balaban J connectivity index is 2.03. The minimum Gasteiger partial charge on any atom is -0.462 e. The Bertz CT molecular complexity index is 709. The van der Waals surface area contributed by atoms with Crippen molar-refractivity contribution in [1.29, 1.82) is 0 Å². The minimum atomic E-state index is -0.329. The number of hydrogen-bond acceptors (Lipinski definition) is 3. The highest BCUT2D eigenvalue weighted by molar-refractivity contribution is 5.99. The molecule has 0 aromatic heterocycles. The Morgan fingerprint density at radius 2 is 2.00 bits per heavy atom. The van der Waals surface area contributed by atoms with Gasteiger partial charge >= 0.3 is 5.97 Å². The predicted octanol–water partition coefficient (Wildman–Crippen LogP) is 3.84. The zero-order chi connectivity index (χ0) is 16.7. The number of ketones is 1. The molecule has 0 fully saturated rings. The van der Waals surface area contributed by atoms with E-state index in [1.807, 2.05) is 6.92 Å². The molecule has 1 aliphatic carbocycles. The molecule has 0 aliphatic heterocycles. The molecule has 0 spiro atoms. The van der Waals surface area contributed by atoms with Crippen molar-refractivity contribution in [2.75, 3.05) is 6.61 Å². The fourth-order valence-electron chi connectivity index (χ4n) is 2.41. The lowest BCUT2D eigenvalue weighted by Crippen LogP contribution is -2.08. The monoisotopic (exact) mass is 308 g/mol. The third kappa shape index (κ3) is 4.69. The van der Waals surface area contributed by atoms with Crippen LogP contribution in [0.4, 0.5) is 0 Å². The number of benzene rings is 1. The second kappa shape index (κ2) is 8.14. The number of allylic oxidation sites excluding steroid dienone is 4. The van der Waals surface area contributed by atoms with E-state index in [0.29, 0.717) is 18.6 Å². The summed E-state index contributed by atoms with van der Waals surface area (Å²) in [5, 5.41) is 0. The summed E-state index contributed by atoms with van der Waals surface area (Å²) in [6.45, 7) is 4.13. The topological polar surface area (TPSA) is 43.4 Å². The maximum Gasteiger partial charge on any atom is 0.338 e. The first-order valence-electron chi connectivity index (χ1n) is 7.80. The third-order valence-corrected chi connectivity index (χ3v) is 3.66. The molecule has 1 aliphatic rings. The molecule has 0 saturated carbocycles. The first-order valence-corrected chi connectivity index (χ1v) is 7.80. The number of hydrogen-bond donors (Lipinski definition) is 0. The number of Topliss-reactive ketones (excluding diaryl/α,β-unsaturated/α-hetero) is 1. The molecular weight excluding hydrogens is 288 g/mol. The Morgan fingerprint density at radius 3 is 2.65 bits per heavy atom. The summed E-state index contributed by atoms with van der Waals surface area (Å²) in [6, 6.07) is 6.96. The lowest BCUT2D eigenvalue weighted by Gasteiger charge is -2.12. The summed E-state index contributed by atoms with van der Waals surface area (Å²) >= 11 is 0. The van der Waals surface area contributed by atoms with Gasteiger partial charge in [-0.2, -0.15) is 0 Å². The molecule has 1 aromatic carbocycles. The van der Waals surface area contributed by atoms with Crippen molar-refractivity contribution in [2.45, 2.75) is 33.1 Å². The van der Waals surface area contributed by atoms with E-state index in [-0.39, 0.29) is 11.8 Å². The summed E-state index contributed by atoms with van der Waals surface area (Å²) in [6.07, 6.45) is 6.06. The normalized spacial score (nSPS) is 14.6. The zero-order valence-electron chi connectivity index (χ0n) is 13.5. The number of ether oxygens (including phenoxy) is 1. The van der Waals surface area contributed by atoms with Crippen LogP contribution in [-0.4, -0.2) is 18.4 Å². The van der Waals surface area contributed by atoms with E-state index in [1.54, 1.807) is 43.3 Å². The molecule has 0 bridgehead atoms. The maximum absolute atomic E-state index is 11.8. The van der Waals surface area contributed by atoms with Crippen LogP contribution >= 0.6 is 0 Å². The second-order valence-corrected chi connectivity index (χ2v) is 5.37. The summed E-state index contributed by atoms with van der Waals surface area (Å²) < 4.78 is 4.93. The quantitative estimate of drug-likeness (QED) is 0.629. The van der Waals surface area contributed by atoms with Gasteiger partial charge in [0.25, 0.3) is 0 Å². The van der Waals surface area contributed by atoms with Gasteiger partial charge in [-0.1, -0.05) is 17.4 Å². The second-order valence-electron chi connectivity index (χ2n) is 5.37. The van der Waals surface area contributed by atoms with E-state index in [2.05, 4.69) is 11.8 Å². The standard InChI is InChI=1S/C20H20O3/c1-3-23-20(22)17-13-11-16(12-14-17)8-4-5-9-18-15(2)7-6-10-19(18)21/h5,9,11-14H,3,6-7,10H2,1-2H3. The van der Waals surface area contributed by atoms with Crippen molar-refractivity contribution < 1.29 is 14.3 Å². The highest BCUT2D eigenvalue weighted by atomic mass is 16.5. The highest BCUT2D eigenvalue weighted by Gasteiger charge is 2.14. The van der Waals surface area contributed by atoms with Crippen LogP contribution < -0.4 is 0 Å². The lowest BCUT2D eigenvalue weighted by molar-refractivity contribution is -0.115. The fourth-order valence-corrected chi connectivity index (χ4v) is 2.41. The van der Waals surface area contributed by atoms with E-state index < -0.39 is 0 Å². The summed E-state index contributed by atoms with van der Waals surface area (Å²) in [4.78, 5) is 23.4. The third-order valence-electron chi connectivity index (χ3n) is 3.66. The minimum absolute atomic E-state index is 0.200. The molecule has 0 radical (unpaired) electrons. The van der Waals surface area contributed by atoms with E-state index in [4.69, 9.17) is 4.74 Å². The SMILES string of the molecule is CCOC(=O)c1ccc(C#CC=CC2=C(C)CCCC2=O)cc1.